The zero-order valence-electron chi connectivity index (χ0n) is 15.6. The Labute approximate surface area is 155 Å². The first-order chi connectivity index (χ1) is 12.6. The van der Waals surface area contributed by atoms with E-state index in [-0.39, 0.29) is 11.3 Å². The molecule has 5 nitrogen and oxygen atoms in total. The highest BCUT2D eigenvalue weighted by atomic mass is 16.5. The van der Waals surface area contributed by atoms with E-state index in [1.165, 1.54) is 12.8 Å². The molecule has 0 radical (unpaired) electrons. The molecule has 2 atom stereocenters. The summed E-state index contributed by atoms with van der Waals surface area (Å²) in [6.07, 6.45) is 9.26. The van der Waals surface area contributed by atoms with Crippen molar-refractivity contribution in [3.63, 3.8) is 0 Å². The van der Waals surface area contributed by atoms with Gasteiger partial charge in [-0.1, -0.05) is 12.5 Å². The lowest BCUT2D eigenvalue weighted by molar-refractivity contribution is 0.0263. The van der Waals surface area contributed by atoms with Gasteiger partial charge >= 0.3 is 0 Å². The molecule has 1 amide bonds. The lowest BCUT2D eigenvalue weighted by Gasteiger charge is -2.28. The first kappa shape index (κ1) is 17.3. The maximum atomic E-state index is 12.9. The SMILES string of the molecule is Cc1cncc(COC[C@@]23CCC[C@@H]2CN(C(=O)c2cccn2C)C3)c1. The molecular formula is C21H27N3O2. The Hall–Kier alpha value is -2.14. The predicted octanol–water partition coefficient (Wildman–Crippen LogP) is 3.19. The maximum absolute atomic E-state index is 12.9. The molecule has 0 aromatic carbocycles. The molecular weight excluding hydrogens is 326 g/mol. The summed E-state index contributed by atoms with van der Waals surface area (Å²) in [6, 6.07) is 5.96. The molecule has 4 rings (SSSR count). The van der Waals surface area contributed by atoms with Crippen molar-refractivity contribution in [3.8, 4) is 0 Å². The Balaban J connectivity index is 1.41. The molecule has 5 heteroatoms. The van der Waals surface area contributed by atoms with Crippen LogP contribution in [0.1, 0.15) is 40.9 Å². The van der Waals surface area contributed by atoms with E-state index in [0.29, 0.717) is 12.5 Å². The molecule has 138 valence electrons. The molecule has 1 saturated carbocycles. The molecule has 2 fully saturated rings. The second kappa shape index (κ2) is 6.88. The van der Waals surface area contributed by atoms with Crippen molar-refractivity contribution in [2.75, 3.05) is 19.7 Å². The standard InChI is InChI=1S/C21H27N3O2/c1-16-9-17(11-22-10-16)13-26-15-21-7-3-5-18(21)12-24(14-21)20(25)19-6-4-8-23(19)2/h4,6,8-11,18H,3,5,7,12-15H2,1-2H3/t18-,21+/m1/s1. The summed E-state index contributed by atoms with van der Waals surface area (Å²) in [5, 5.41) is 0. The highest BCUT2D eigenvalue weighted by Gasteiger charge is 2.50. The molecule has 0 spiro atoms. The van der Waals surface area contributed by atoms with Crippen LogP contribution in [-0.4, -0.2) is 40.1 Å². The fourth-order valence-corrected chi connectivity index (χ4v) is 4.72. The van der Waals surface area contributed by atoms with Crippen LogP contribution in [0.25, 0.3) is 0 Å². The van der Waals surface area contributed by atoms with E-state index in [9.17, 15) is 4.79 Å². The zero-order valence-corrected chi connectivity index (χ0v) is 15.6. The number of rotatable bonds is 5. The second-order valence-corrected chi connectivity index (χ2v) is 8.00. The van der Waals surface area contributed by atoms with Crippen molar-refractivity contribution in [1.29, 1.82) is 0 Å². The van der Waals surface area contributed by atoms with Gasteiger partial charge in [-0.3, -0.25) is 9.78 Å². The normalized spacial score (nSPS) is 24.8. The van der Waals surface area contributed by atoms with Gasteiger partial charge in [0.25, 0.3) is 5.91 Å². The Kier molecular flexibility index (Phi) is 4.57. The summed E-state index contributed by atoms with van der Waals surface area (Å²) >= 11 is 0. The molecule has 2 aromatic heterocycles. The topological polar surface area (TPSA) is 47.4 Å². The second-order valence-electron chi connectivity index (χ2n) is 8.00. The van der Waals surface area contributed by atoms with E-state index in [0.717, 1.165) is 42.9 Å². The summed E-state index contributed by atoms with van der Waals surface area (Å²) in [6.45, 7) is 5.04. The van der Waals surface area contributed by atoms with Gasteiger partial charge in [-0.05, 0) is 48.9 Å². The molecule has 2 aliphatic rings. The molecule has 26 heavy (non-hydrogen) atoms. The van der Waals surface area contributed by atoms with E-state index < -0.39 is 0 Å². The Morgan fingerprint density at radius 1 is 1.42 bits per heavy atom. The number of ether oxygens (including phenoxy) is 1. The molecule has 1 aliphatic heterocycles. The number of aryl methyl sites for hydroxylation is 2. The van der Waals surface area contributed by atoms with Crippen molar-refractivity contribution in [3.05, 3.63) is 53.6 Å². The molecule has 1 aliphatic carbocycles. The van der Waals surface area contributed by atoms with Gasteiger partial charge in [0.2, 0.25) is 0 Å². The summed E-state index contributed by atoms with van der Waals surface area (Å²) in [5.41, 5.74) is 3.17. The van der Waals surface area contributed by atoms with Crippen LogP contribution >= 0.6 is 0 Å². The van der Waals surface area contributed by atoms with Crippen molar-refractivity contribution in [2.24, 2.45) is 18.4 Å². The zero-order chi connectivity index (χ0) is 18.1. The van der Waals surface area contributed by atoms with Gasteiger partial charge < -0.3 is 14.2 Å². The molecule has 1 saturated heterocycles. The monoisotopic (exact) mass is 353 g/mol. The highest BCUT2D eigenvalue weighted by molar-refractivity contribution is 5.93. The van der Waals surface area contributed by atoms with Crippen LogP contribution < -0.4 is 0 Å². The van der Waals surface area contributed by atoms with Gasteiger partial charge in [0.15, 0.2) is 0 Å². The maximum Gasteiger partial charge on any atom is 0.270 e. The minimum absolute atomic E-state index is 0.123. The number of carbonyl (C=O) groups excluding carboxylic acids is 1. The average molecular weight is 353 g/mol. The fourth-order valence-electron chi connectivity index (χ4n) is 4.72. The number of hydrogen-bond acceptors (Lipinski definition) is 3. The largest absolute Gasteiger partial charge is 0.376 e. The lowest BCUT2D eigenvalue weighted by atomic mass is 9.81. The minimum atomic E-state index is 0.123. The molecule has 0 N–H and O–H groups in total. The number of nitrogens with zero attached hydrogens (tertiary/aromatic N) is 3. The van der Waals surface area contributed by atoms with Crippen LogP contribution in [0.4, 0.5) is 0 Å². The lowest BCUT2D eigenvalue weighted by Crippen LogP contribution is -2.35. The van der Waals surface area contributed by atoms with Crippen molar-refractivity contribution < 1.29 is 9.53 Å². The third-order valence-corrected chi connectivity index (χ3v) is 6.08. The Morgan fingerprint density at radius 3 is 3.08 bits per heavy atom. The van der Waals surface area contributed by atoms with Crippen molar-refractivity contribution >= 4 is 5.91 Å². The van der Waals surface area contributed by atoms with Crippen LogP contribution in [0.5, 0.6) is 0 Å². The van der Waals surface area contributed by atoms with Gasteiger partial charge in [-0.25, -0.2) is 0 Å². The van der Waals surface area contributed by atoms with Crippen molar-refractivity contribution in [1.82, 2.24) is 14.5 Å². The highest BCUT2D eigenvalue weighted by Crippen LogP contribution is 2.49. The van der Waals surface area contributed by atoms with E-state index >= 15 is 0 Å². The first-order valence-corrected chi connectivity index (χ1v) is 9.46. The average Bonchev–Trinajstić information content (AvgIpc) is 3.28. The number of hydrogen-bond donors (Lipinski definition) is 0. The van der Waals surface area contributed by atoms with Gasteiger partial charge in [0, 0.05) is 44.1 Å². The van der Waals surface area contributed by atoms with Gasteiger partial charge in [-0.2, -0.15) is 0 Å². The summed E-state index contributed by atoms with van der Waals surface area (Å²) in [7, 11) is 1.93. The third kappa shape index (κ3) is 3.16. The van der Waals surface area contributed by atoms with Crippen molar-refractivity contribution in [2.45, 2.75) is 32.8 Å². The molecule has 0 bridgehead atoms. The minimum Gasteiger partial charge on any atom is -0.376 e. The van der Waals surface area contributed by atoms with Crippen LogP contribution in [0.3, 0.4) is 0 Å². The molecule has 2 aromatic rings. The van der Waals surface area contributed by atoms with E-state index in [4.69, 9.17) is 4.74 Å². The number of likely N-dealkylation sites (tertiary alicyclic amines) is 1. The summed E-state index contributed by atoms with van der Waals surface area (Å²) < 4.78 is 8.03. The fraction of sp³-hybridized carbons (Fsp3) is 0.524. The van der Waals surface area contributed by atoms with E-state index in [1.54, 1.807) is 0 Å². The number of amides is 1. The number of pyridine rings is 1. The molecule has 3 heterocycles. The van der Waals surface area contributed by atoms with Gasteiger partial charge in [0.05, 0.1) is 13.2 Å². The quantitative estimate of drug-likeness (QED) is 0.829. The summed E-state index contributed by atoms with van der Waals surface area (Å²) in [4.78, 5) is 19.2. The van der Waals surface area contributed by atoms with Crippen LogP contribution in [0.15, 0.2) is 36.8 Å². The Morgan fingerprint density at radius 2 is 2.31 bits per heavy atom. The van der Waals surface area contributed by atoms with E-state index in [1.807, 2.05) is 54.2 Å². The van der Waals surface area contributed by atoms with Crippen LogP contribution in [-0.2, 0) is 18.4 Å². The van der Waals surface area contributed by atoms with E-state index in [2.05, 4.69) is 11.1 Å². The molecule has 0 unspecified atom stereocenters. The summed E-state index contributed by atoms with van der Waals surface area (Å²) in [5.74, 6) is 0.705. The third-order valence-electron chi connectivity index (χ3n) is 6.08. The van der Waals surface area contributed by atoms with Gasteiger partial charge in [0.1, 0.15) is 5.69 Å². The Bertz CT molecular complexity index is 800. The number of aromatic nitrogens is 2. The number of carbonyl (C=O) groups is 1. The number of fused-ring (bicyclic) bond motifs is 1. The predicted molar refractivity (Wildman–Crippen MR) is 99.7 cm³/mol. The smallest absolute Gasteiger partial charge is 0.270 e. The first-order valence-electron chi connectivity index (χ1n) is 9.46. The van der Waals surface area contributed by atoms with Crippen LogP contribution in [0, 0.1) is 18.3 Å². The van der Waals surface area contributed by atoms with Crippen LogP contribution in [0.2, 0.25) is 0 Å². The van der Waals surface area contributed by atoms with Gasteiger partial charge in [-0.15, -0.1) is 0 Å².